The molecule has 0 spiro atoms. The first-order chi connectivity index (χ1) is 12.8. The van der Waals surface area contributed by atoms with Crippen LogP contribution in [-0.2, 0) is 6.42 Å². The van der Waals surface area contributed by atoms with Gasteiger partial charge in [0.25, 0.3) is 0 Å². The van der Waals surface area contributed by atoms with Crippen LogP contribution < -0.4 is 0 Å². The largest absolute Gasteiger partial charge is 0.248 e. The van der Waals surface area contributed by atoms with Crippen molar-refractivity contribution in [1.82, 2.24) is 4.98 Å². The smallest absolute Gasteiger partial charge is 0.0824 e. The molecule has 0 fully saturated rings. The van der Waals surface area contributed by atoms with Gasteiger partial charge >= 0.3 is 0 Å². The molecule has 0 N–H and O–H groups in total. The van der Waals surface area contributed by atoms with Crippen LogP contribution in [0.15, 0.2) is 96.8 Å². The van der Waals surface area contributed by atoms with Crippen molar-refractivity contribution < 1.29 is 0 Å². The van der Waals surface area contributed by atoms with Crippen LogP contribution in [-0.4, -0.2) is 11.3 Å². The van der Waals surface area contributed by atoms with Gasteiger partial charge in [-0.05, 0) is 24.2 Å². The Hall–Kier alpha value is -2.89. The molecule has 0 bridgehead atoms. The molecule has 0 amide bonds. The van der Waals surface area contributed by atoms with E-state index < -0.39 is 7.55 Å². The maximum absolute atomic E-state index is 4.88. The van der Waals surface area contributed by atoms with Gasteiger partial charge in [-0.1, -0.05) is 66.2 Å². The molecule has 1 nitrogen and oxygen atoms in total. The Labute approximate surface area is 156 Å². The van der Waals surface area contributed by atoms with E-state index in [1.54, 1.807) is 0 Å². The topological polar surface area (TPSA) is 12.9 Å². The highest BCUT2D eigenvalue weighted by Crippen LogP contribution is 2.41. The minimum atomic E-state index is -0.394. The quantitative estimate of drug-likeness (QED) is 0.386. The van der Waals surface area contributed by atoms with Crippen LogP contribution in [0.2, 0.25) is 0 Å². The number of allylic oxidation sites excluding steroid dienone is 3. The first kappa shape index (κ1) is 16.6. The molecule has 0 saturated carbocycles. The van der Waals surface area contributed by atoms with Gasteiger partial charge in [0.2, 0.25) is 0 Å². The molecule has 1 atom stereocenters. The van der Waals surface area contributed by atoms with Crippen LogP contribution in [0, 0.1) is 5.66 Å². The second-order valence-electron chi connectivity index (χ2n) is 6.31. The third kappa shape index (κ3) is 3.69. The Kier molecular flexibility index (Phi) is 4.82. The van der Waals surface area contributed by atoms with E-state index in [2.05, 4.69) is 84.9 Å². The van der Waals surface area contributed by atoms with Gasteiger partial charge in [0, 0.05) is 11.1 Å². The maximum atomic E-state index is 4.88. The number of hydrogen-bond donors (Lipinski definition) is 0. The van der Waals surface area contributed by atoms with E-state index in [0.717, 1.165) is 28.9 Å². The van der Waals surface area contributed by atoms with E-state index in [1.807, 2.05) is 18.2 Å². The highest BCUT2D eigenvalue weighted by atomic mass is 31.1. The molecule has 1 aliphatic heterocycles. The number of rotatable bonds is 4. The Bertz CT molecular complexity index is 986. The molecule has 2 heteroatoms. The van der Waals surface area contributed by atoms with E-state index in [0.29, 0.717) is 0 Å². The summed E-state index contributed by atoms with van der Waals surface area (Å²) in [7, 11) is -0.394. The summed E-state index contributed by atoms with van der Waals surface area (Å²) < 4.78 is 0. The Balaban J connectivity index is 1.62. The molecule has 0 saturated heterocycles. The maximum Gasteiger partial charge on any atom is 0.0824 e. The SMILES string of the molecule is C=[P+]1C=CC=C[C-]1Cc1cccc(-c2cccc(-c3ccccc3)n2)c1. The number of benzene rings is 2. The molecule has 1 aromatic heterocycles. The molecular weight excluding hydrogens is 333 g/mol. The first-order valence-corrected chi connectivity index (χ1v) is 10.3. The van der Waals surface area contributed by atoms with Crippen LogP contribution in [0.25, 0.3) is 22.5 Å². The lowest BCUT2D eigenvalue weighted by Crippen LogP contribution is -1.96. The van der Waals surface area contributed by atoms with Crippen LogP contribution in [0.1, 0.15) is 5.56 Å². The minimum absolute atomic E-state index is 0.394. The summed E-state index contributed by atoms with van der Waals surface area (Å²) in [5.74, 6) is 2.21. The molecule has 1 aliphatic rings. The van der Waals surface area contributed by atoms with Crippen molar-refractivity contribution in [1.29, 1.82) is 0 Å². The molecule has 2 heterocycles. The van der Waals surface area contributed by atoms with Crippen molar-refractivity contribution in [2.75, 3.05) is 0 Å². The van der Waals surface area contributed by atoms with Crippen LogP contribution in [0.5, 0.6) is 0 Å². The molecule has 3 aromatic rings. The fraction of sp³-hybridized carbons (Fsp3) is 0.0417. The fourth-order valence-corrected chi connectivity index (χ4v) is 4.25. The van der Waals surface area contributed by atoms with Gasteiger partial charge in [0.05, 0.1) is 31.0 Å². The zero-order chi connectivity index (χ0) is 17.8. The molecule has 0 radical (unpaired) electrons. The average molecular weight is 353 g/mol. The Morgan fingerprint density at radius 2 is 1.54 bits per heavy atom. The highest BCUT2D eigenvalue weighted by molar-refractivity contribution is 7.62. The van der Waals surface area contributed by atoms with E-state index in [-0.39, 0.29) is 0 Å². The second-order valence-corrected chi connectivity index (χ2v) is 8.13. The van der Waals surface area contributed by atoms with Gasteiger partial charge in [-0.3, -0.25) is 0 Å². The number of aromatic nitrogens is 1. The molecule has 2 aromatic carbocycles. The van der Waals surface area contributed by atoms with Crippen molar-refractivity contribution in [3.05, 3.63) is 108 Å². The molecule has 0 aliphatic carbocycles. The third-order valence-electron chi connectivity index (χ3n) is 4.46. The van der Waals surface area contributed by atoms with Crippen molar-refractivity contribution in [2.45, 2.75) is 6.42 Å². The Morgan fingerprint density at radius 1 is 0.808 bits per heavy atom. The zero-order valence-electron chi connectivity index (χ0n) is 14.5. The lowest BCUT2D eigenvalue weighted by molar-refractivity contribution is 1.15. The van der Waals surface area contributed by atoms with Gasteiger partial charge in [0.1, 0.15) is 0 Å². The van der Waals surface area contributed by atoms with Crippen LogP contribution in [0.4, 0.5) is 0 Å². The van der Waals surface area contributed by atoms with Crippen molar-refractivity contribution in [3.63, 3.8) is 0 Å². The highest BCUT2D eigenvalue weighted by Gasteiger charge is 2.12. The van der Waals surface area contributed by atoms with Gasteiger partial charge in [-0.15, -0.1) is 6.08 Å². The van der Waals surface area contributed by atoms with E-state index in [1.165, 1.54) is 11.2 Å². The third-order valence-corrected chi connectivity index (χ3v) is 6.04. The van der Waals surface area contributed by atoms with Crippen LogP contribution >= 0.6 is 7.55 Å². The normalized spacial score (nSPS) is 14.6. The predicted octanol–water partition coefficient (Wildman–Crippen LogP) is 6.49. The van der Waals surface area contributed by atoms with E-state index in [4.69, 9.17) is 4.98 Å². The summed E-state index contributed by atoms with van der Waals surface area (Å²) in [6.45, 7) is 0. The summed E-state index contributed by atoms with van der Waals surface area (Å²) >= 11 is 0. The molecule has 4 rings (SSSR count). The predicted molar refractivity (Wildman–Crippen MR) is 114 cm³/mol. The Morgan fingerprint density at radius 3 is 2.35 bits per heavy atom. The van der Waals surface area contributed by atoms with Crippen LogP contribution in [0.3, 0.4) is 0 Å². The lowest BCUT2D eigenvalue weighted by Gasteiger charge is -2.16. The minimum Gasteiger partial charge on any atom is -0.248 e. The monoisotopic (exact) mass is 353 g/mol. The molecule has 126 valence electrons. The van der Waals surface area contributed by atoms with Gasteiger partial charge in [-0.25, -0.2) is 11.1 Å². The lowest BCUT2D eigenvalue weighted by atomic mass is 10.0. The van der Waals surface area contributed by atoms with Crippen molar-refractivity contribution in [3.8, 4) is 22.5 Å². The van der Waals surface area contributed by atoms with Crippen molar-refractivity contribution >= 4 is 13.8 Å². The van der Waals surface area contributed by atoms with Gasteiger partial charge in [-0.2, -0.15) is 6.08 Å². The fourth-order valence-electron chi connectivity index (χ4n) is 3.09. The molecule has 1 unspecified atom stereocenters. The molecule has 26 heavy (non-hydrogen) atoms. The molecular formula is C24H20NP. The average Bonchev–Trinajstić information content (AvgIpc) is 2.71. The zero-order valence-corrected chi connectivity index (χ0v) is 15.4. The van der Waals surface area contributed by atoms with Crippen molar-refractivity contribution in [2.24, 2.45) is 0 Å². The van der Waals surface area contributed by atoms with E-state index in [9.17, 15) is 0 Å². The van der Waals surface area contributed by atoms with E-state index >= 15 is 0 Å². The summed E-state index contributed by atoms with van der Waals surface area (Å²) in [6, 6.07) is 25.2. The number of pyridine rings is 1. The second kappa shape index (κ2) is 7.56. The standard InChI is InChI=1S/C24H20NP/c1-26-16-6-5-13-22(26)18-19-9-7-12-21(17-19)24-15-8-14-23(25-24)20-10-3-2-4-11-20/h2-17H,1,18H2. The summed E-state index contributed by atoms with van der Waals surface area (Å²) in [5.41, 5.74) is 7.03. The van der Waals surface area contributed by atoms with Gasteiger partial charge < -0.3 is 0 Å². The number of hydrogen-bond acceptors (Lipinski definition) is 1. The van der Waals surface area contributed by atoms with Gasteiger partial charge in [0.15, 0.2) is 0 Å². The first-order valence-electron chi connectivity index (χ1n) is 8.72. The number of nitrogens with zero attached hydrogens (tertiary/aromatic N) is 1. The summed E-state index contributed by atoms with van der Waals surface area (Å²) in [5, 5.41) is 0. The summed E-state index contributed by atoms with van der Waals surface area (Å²) in [6.07, 6.45) is 11.6. The summed E-state index contributed by atoms with van der Waals surface area (Å²) in [4.78, 5) is 4.88.